The van der Waals surface area contributed by atoms with Crippen LogP contribution in [0.5, 0.6) is 0 Å². The lowest BCUT2D eigenvalue weighted by Gasteiger charge is -2.63. The third-order valence-corrected chi connectivity index (χ3v) is 7.33. The molecule has 2 aliphatic carbocycles. The summed E-state index contributed by atoms with van der Waals surface area (Å²) in [6.07, 6.45) is 6.09. The molecular formula is C21H28F2N4O. The maximum absolute atomic E-state index is 14.1. The largest absolute Gasteiger partial charge is 0.377 e. The number of nitrogens with one attached hydrogen (secondary N) is 2. The van der Waals surface area contributed by atoms with Gasteiger partial charge in [0.05, 0.1) is 6.10 Å². The van der Waals surface area contributed by atoms with Gasteiger partial charge < -0.3 is 20.3 Å². The zero-order valence-electron chi connectivity index (χ0n) is 16.3. The topological polar surface area (TPSA) is 48.9 Å². The maximum Gasteiger partial charge on any atom is 0.191 e. The molecule has 5 nitrogen and oxygen atoms in total. The first-order valence-corrected chi connectivity index (χ1v) is 10.4. The molecule has 0 radical (unpaired) electrons. The van der Waals surface area contributed by atoms with Crippen LogP contribution in [0.3, 0.4) is 0 Å². The summed E-state index contributed by atoms with van der Waals surface area (Å²) in [4.78, 5) is 6.22. The Morgan fingerprint density at radius 2 is 2.00 bits per heavy atom. The molecule has 4 atom stereocenters. The second-order valence-electron chi connectivity index (χ2n) is 8.67. The average molecular weight is 390 g/mol. The zero-order chi connectivity index (χ0) is 19.3. The monoisotopic (exact) mass is 390 g/mol. The van der Waals surface area contributed by atoms with Crippen molar-refractivity contribution in [3.8, 4) is 0 Å². The van der Waals surface area contributed by atoms with Gasteiger partial charge in [0.15, 0.2) is 5.96 Å². The van der Waals surface area contributed by atoms with Crippen LogP contribution >= 0.6 is 0 Å². The Hall–Kier alpha value is -1.89. The van der Waals surface area contributed by atoms with E-state index in [1.807, 2.05) is 0 Å². The molecule has 4 unspecified atom stereocenters. The highest BCUT2D eigenvalue weighted by atomic mass is 19.1. The molecule has 1 spiro atoms. The van der Waals surface area contributed by atoms with E-state index in [0.717, 1.165) is 25.4 Å². The van der Waals surface area contributed by atoms with E-state index < -0.39 is 11.6 Å². The minimum absolute atomic E-state index is 0.0770. The lowest BCUT2D eigenvalue weighted by molar-refractivity contribution is -0.171. The number of halogens is 2. The number of benzene rings is 1. The Morgan fingerprint density at radius 3 is 2.68 bits per heavy atom. The Bertz CT molecular complexity index is 761. The van der Waals surface area contributed by atoms with Crippen LogP contribution in [0.15, 0.2) is 23.2 Å². The first-order valence-electron chi connectivity index (χ1n) is 10.4. The van der Waals surface area contributed by atoms with E-state index in [1.165, 1.54) is 37.5 Å². The third kappa shape index (κ3) is 2.70. The van der Waals surface area contributed by atoms with Gasteiger partial charge in [-0.3, -0.25) is 4.99 Å². The number of ether oxygens (including phenoxy) is 1. The van der Waals surface area contributed by atoms with Crippen molar-refractivity contribution in [3.05, 3.63) is 29.8 Å². The molecule has 2 saturated heterocycles. The molecule has 0 amide bonds. The van der Waals surface area contributed by atoms with Crippen molar-refractivity contribution < 1.29 is 13.5 Å². The van der Waals surface area contributed by atoms with E-state index in [-0.39, 0.29) is 17.1 Å². The summed E-state index contributed by atoms with van der Waals surface area (Å²) in [5.74, 6) is 0.363. The van der Waals surface area contributed by atoms with Gasteiger partial charge in [0.1, 0.15) is 17.3 Å². The first-order chi connectivity index (χ1) is 13.6. The molecule has 2 saturated carbocycles. The van der Waals surface area contributed by atoms with Gasteiger partial charge in [0.25, 0.3) is 0 Å². The minimum atomic E-state index is -0.503. The van der Waals surface area contributed by atoms with E-state index in [1.54, 1.807) is 11.9 Å². The Kier molecular flexibility index (Phi) is 4.45. The predicted molar refractivity (Wildman–Crippen MR) is 105 cm³/mol. The van der Waals surface area contributed by atoms with Crippen LogP contribution in [0.1, 0.15) is 32.1 Å². The number of aliphatic imine (C=N–C) groups is 1. The summed E-state index contributed by atoms with van der Waals surface area (Å²) in [6.45, 7) is 2.05. The van der Waals surface area contributed by atoms with Gasteiger partial charge in [-0.25, -0.2) is 8.78 Å². The zero-order valence-corrected chi connectivity index (χ0v) is 16.3. The summed E-state index contributed by atoms with van der Waals surface area (Å²) in [6, 6.07) is 4.56. The minimum Gasteiger partial charge on any atom is -0.377 e. The average Bonchev–Trinajstić information content (AvgIpc) is 3.25. The SMILES string of the molecule is CN=C(NC1CCN(c2c(F)cccc2F)C1)NC1C2CCOC2C12CCC2. The molecule has 152 valence electrons. The lowest BCUT2D eigenvalue weighted by atomic mass is 9.46. The molecule has 0 aromatic heterocycles. The first kappa shape index (κ1) is 18.2. The van der Waals surface area contributed by atoms with Crippen molar-refractivity contribution in [2.45, 2.75) is 50.3 Å². The van der Waals surface area contributed by atoms with Gasteiger partial charge in [-0.1, -0.05) is 12.5 Å². The van der Waals surface area contributed by atoms with E-state index >= 15 is 0 Å². The fourth-order valence-electron chi connectivity index (χ4n) is 5.84. The molecule has 2 N–H and O–H groups in total. The van der Waals surface area contributed by atoms with Crippen molar-refractivity contribution in [2.24, 2.45) is 16.3 Å². The van der Waals surface area contributed by atoms with E-state index in [4.69, 9.17) is 4.74 Å². The number of fused-ring (bicyclic) bond motifs is 2. The normalized spacial score (nSPS) is 33.4. The lowest BCUT2D eigenvalue weighted by Crippen LogP contribution is -2.72. The van der Waals surface area contributed by atoms with Crippen LogP contribution in [0.2, 0.25) is 0 Å². The Labute approximate surface area is 164 Å². The van der Waals surface area contributed by atoms with Gasteiger partial charge in [0, 0.05) is 50.2 Å². The summed E-state index contributed by atoms with van der Waals surface area (Å²) in [5.41, 5.74) is 0.365. The van der Waals surface area contributed by atoms with Crippen molar-refractivity contribution in [2.75, 3.05) is 31.6 Å². The molecule has 5 rings (SSSR count). The predicted octanol–water partition coefficient (Wildman–Crippen LogP) is 2.67. The third-order valence-electron chi connectivity index (χ3n) is 7.33. The second kappa shape index (κ2) is 6.87. The molecule has 2 aliphatic heterocycles. The maximum atomic E-state index is 14.1. The van der Waals surface area contributed by atoms with E-state index in [2.05, 4.69) is 15.6 Å². The summed E-state index contributed by atoms with van der Waals surface area (Å²) >= 11 is 0. The van der Waals surface area contributed by atoms with Gasteiger partial charge in [-0.15, -0.1) is 0 Å². The molecule has 28 heavy (non-hydrogen) atoms. The fourth-order valence-corrected chi connectivity index (χ4v) is 5.84. The number of anilines is 1. The molecule has 1 aromatic carbocycles. The highest BCUT2D eigenvalue weighted by molar-refractivity contribution is 5.81. The number of nitrogens with zero attached hydrogens (tertiary/aromatic N) is 2. The van der Waals surface area contributed by atoms with Gasteiger partial charge >= 0.3 is 0 Å². The molecular weight excluding hydrogens is 362 g/mol. The molecule has 0 bridgehead atoms. The van der Waals surface area contributed by atoms with Crippen LogP contribution in [-0.2, 0) is 4.74 Å². The molecule has 4 fully saturated rings. The second-order valence-corrected chi connectivity index (χ2v) is 8.67. The summed E-state index contributed by atoms with van der Waals surface area (Å²) < 4.78 is 34.2. The highest BCUT2D eigenvalue weighted by Gasteiger charge is 2.66. The van der Waals surface area contributed by atoms with Crippen molar-refractivity contribution in [1.29, 1.82) is 0 Å². The number of hydrogen-bond donors (Lipinski definition) is 2. The quantitative estimate of drug-likeness (QED) is 0.616. The molecule has 7 heteroatoms. The van der Waals surface area contributed by atoms with E-state index in [9.17, 15) is 8.78 Å². The molecule has 1 aromatic rings. The van der Waals surface area contributed by atoms with Crippen LogP contribution < -0.4 is 15.5 Å². The number of rotatable bonds is 3. The summed E-state index contributed by atoms with van der Waals surface area (Å²) in [7, 11) is 1.79. The number of para-hydroxylation sites is 1. The fraction of sp³-hybridized carbons (Fsp3) is 0.667. The standard InChI is InChI=1S/C21H28F2N4O/c1-24-20(26-18-14-7-11-28-19(14)21(18)8-3-9-21)25-13-6-10-27(12-13)17-15(22)4-2-5-16(17)23/h2,4-5,13-14,18-19H,3,6-12H2,1H3,(H2,24,25,26). The van der Waals surface area contributed by atoms with Crippen LogP contribution in [0.25, 0.3) is 0 Å². The smallest absolute Gasteiger partial charge is 0.191 e. The van der Waals surface area contributed by atoms with E-state index in [0.29, 0.717) is 31.2 Å². The number of hydrogen-bond acceptors (Lipinski definition) is 3. The summed E-state index contributed by atoms with van der Waals surface area (Å²) in [5, 5.41) is 7.14. The molecule has 2 heterocycles. The molecule has 4 aliphatic rings. The van der Waals surface area contributed by atoms with Crippen molar-refractivity contribution in [3.63, 3.8) is 0 Å². The van der Waals surface area contributed by atoms with Crippen LogP contribution in [0.4, 0.5) is 14.5 Å². The van der Waals surface area contributed by atoms with Gasteiger partial charge in [-0.2, -0.15) is 0 Å². The Morgan fingerprint density at radius 1 is 1.21 bits per heavy atom. The van der Waals surface area contributed by atoms with Crippen LogP contribution in [-0.4, -0.2) is 50.9 Å². The van der Waals surface area contributed by atoms with Crippen molar-refractivity contribution >= 4 is 11.6 Å². The highest BCUT2D eigenvalue weighted by Crippen LogP contribution is 2.62. The van der Waals surface area contributed by atoms with Gasteiger partial charge in [-0.05, 0) is 37.8 Å². The number of guanidine groups is 1. The van der Waals surface area contributed by atoms with Gasteiger partial charge in [0.2, 0.25) is 0 Å². The van der Waals surface area contributed by atoms with Crippen LogP contribution in [0, 0.1) is 23.0 Å². The van der Waals surface area contributed by atoms with Crippen molar-refractivity contribution in [1.82, 2.24) is 10.6 Å². The Balaban J connectivity index is 1.22.